The maximum atomic E-state index is 5.41. The summed E-state index contributed by atoms with van der Waals surface area (Å²) in [5.41, 5.74) is 4.11. The van der Waals surface area contributed by atoms with Crippen LogP contribution in [-0.2, 0) is 6.54 Å². The summed E-state index contributed by atoms with van der Waals surface area (Å²) >= 11 is -0.160. The van der Waals surface area contributed by atoms with Crippen LogP contribution in [0, 0.1) is 33.1 Å². The molecule has 0 aliphatic heterocycles. The van der Waals surface area contributed by atoms with Crippen LogP contribution < -0.4 is 4.57 Å². The zero-order chi connectivity index (χ0) is 11.0. The number of rotatable bonds is 1. The Hall–Kier alpha value is -0.760. The molecule has 0 radical (unpaired) electrons. The molecule has 76 valence electrons. The minimum absolute atomic E-state index is 0.160. The first kappa shape index (κ1) is 10.7. The van der Waals surface area contributed by atoms with E-state index in [0.29, 0.717) is 6.54 Å². The van der Waals surface area contributed by atoms with Crippen molar-refractivity contribution in [2.24, 2.45) is 0 Å². The summed E-state index contributed by atoms with van der Waals surface area (Å²) in [5.74, 6) is 2.74. The second-order valence-corrected chi connectivity index (χ2v) is 7.34. The first-order valence-corrected chi connectivity index (χ1v) is 7.30. The summed E-state index contributed by atoms with van der Waals surface area (Å²) in [4.78, 5) is 0. The Kier molecular flexibility index (Phi) is 2.87. The Bertz CT molecular complexity index is 558. The molecule has 0 fully saturated rings. The standard InChI is InChI=1S/C13H14NTe/c1-5-6-14-11(4)15-13-8-10(3)9(2)7-12(13)14/h1,7-8H,6H2,2-4H3/q+1. The molecular formula is C13H14NTe+. The van der Waals surface area contributed by atoms with E-state index < -0.39 is 0 Å². The van der Waals surface area contributed by atoms with Gasteiger partial charge in [-0.3, -0.25) is 0 Å². The van der Waals surface area contributed by atoms with Crippen molar-refractivity contribution in [2.75, 3.05) is 0 Å². The number of benzene rings is 1. The van der Waals surface area contributed by atoms with Crippen molar-refractivity contribution in [3.8, 4) is 12.3 Å². The Labute approximate surface area is 100 Å². The molecule has 0 unspecified atom stereocenters. The van der Waals surface area contributed by atoms with E-state index in [4.69, 9.17) is 6.42 Å². The molecule has 0 aliphatic carbocycles. The predicted molar refractivity (Wildman–Crippen MR) is 64.1 cm³/mol. The third kappa shape index (κ3) is 1.83. The van der Waals surface area contributed by atoms with Crippen LogP contribution in [0.1, 0.15) is 14.8 Å². The number of hydrogen-bond donors (Lipinski definition) is 0. The number of aryl methyl sites for hydroxylation is 3. The first-order valence-electron chi connectivity index (χ1n) is 4.97. The van der Waals surface area contributed by atoms with Crippen LogP contribution in [0.4, 0.5) is 0 Å². The summed E-state index contributed by atoms with van der Waals surface area (Å²) in [6, 6.07) is 4.62. The average Bonchev–Trinajstić information content (AvgIpc) is 2.46. The van der Waals surface area contributed by atoms with E-state index in [-0.39, 0.29) is 20.4 Å². The number of terminal acetylenes is 1. The van der Waals surface area contributed by atoms with E-state index in [2.05, 4.69) is 43.4 Å². The van der Waals surface area contributed by atoms with Crippen LogP contribution in [-0.4, -0.2) is 20.4 Å². The second kappa shape index (κ2) is 4.01. The number of nitrogens with zero attached hydrogens (tertiary/aromatic N) is 1. The fraction of sp³-hybridized carbons (Fsp3) is 0.308. The molecule has 0 spiro atoms. The molecule has 1 nitrogen and oxygen atoms in total. The van der Waals surface area contributed by atoms with Gasteiger partial charge in [0, 0.05) is 0 Å². The van der Waals surface area contributed by atoms with Crippen LogP contribution in [0.5, 0.6) is 0 Å². The van der Waals surface area contributed by atoms with Crippen LogP contribution in [0.25, 0.3) is 8.92 Å². The van der Waals surface area contributed by atoms with Gasteiger partial charge in [-0.2, -0.15) is 0 Å². The van der Waals surface area contributed by atoms with Gasteiger partial charge in [-0.05, 0) is 0 Å². The molecule has 15 heavy (non-hydrogen) atoms. The molecule has 0 atom stereocenters. The fourth-order valence-electron chi connectivity index (χ4n) is 1.74. The SMILES string of the molecule is C#CC[n+]1c(C)[te]c2cc(C)c(C)cc21. The van der Waals surface area contributed by atoms with Crippen molar-refractivity contribution in [3.05, 3.63) is 27.0 Å². The normalized spacial score (nSPS) is 10.5. The summed E-state index contributed by atoms with van der Waals surface area (Å²) in [5, 5.41) is 0. The van der Waals surface area contributed by atoms with Crippen molar-refractivity contribution in [3.63, 3.8) is 0 Å². The van der Waals surface area contributed by atoms with E-state index >= 15 is 0 Å². The van der Waals surface area contributed by atoms with Gasteiger partial charge >= 0.3 is 101 Å². The van der Waals surface area contributed by atoms with Gasteiger partial charge in [0.15, 0.2) is 0 Å². The molecule has 0 amide bonds. The Morgan fingerprint density at radius 2 is 1.93 bits per heavy atom. The molecule has 1 heterocycles. The van der Waals surface area contributed by atoms with Crippen LogP contribution in [0.2, 0.25) is 0 Å². The molecule has 2 rings (SSSR count). The fourth-order valence-corrected chi connectivity index (χ4v) is 4.88. The second-order valence-electron chi connectivity index (χ2n) is 3.82. The molecule has 0 aliphatic rings. The van der Waals surface area contributed by atoms with Crippen molar-refractivity contribution in [1.29, 1.82) is 0 Å². The van der Waals surface area contributed by atoms with Crippen LogP contribution in [0.15, 0.2) is 12.1 Å². The minimum atomic E-state index is -0.160. The molecule has 2 aromatic rings. The Balaban J connectivity index is 2.77. The van der Waals surface area contributed by atoms with Crippen LogP contribution >= 0.6 is 0 Å². The summed E-state index contributed by atoms with van der Waals surface area (Å²) in [6.45, 7) is 7.27. The van der Waals surface area contributed by atoms with Crippen molar-refractivity contribution in [1.82, 2.24) is 0 Å². The number of hydrogen-bond acceptors (Lipinski definition) is 0. The van der Waals surface area contributed by atoms with Crippen molar-refractivity contribution >= 4 is 29.3 Å². The van der Waals surface area contributed by atoms with Crippen molar-refractivity contribution < 1.29 is 4.57 Å². The number of fused-ring (bicyclic) bond motifs is 1. The predicted octanol–water partition coefficient (Wildman–Crippen LogP) is 1.74. The molecule has 0 saturated heterocycles. The van der Waals surface area contributed by atoms with Gasteiger partial charge in [-0.25, -0.2) is 0 Å². The van der Waals surface area contributed by atoms with Gasteiger partial charge in [0.25, 0.3) is 0 Å². The van der Waals surface area contributed by atoms with E-state index in [0.717, 1.165) is 0 Å². The number of aromatic nitrogens is 1. The van der Waals surface area contributed by atoms with Gasteiger partial charge < -0.3 is 0 Å². The van der Waals surface area contributed by atoms with Crippen LogP contribution in [0.3, 0.4) is 0 Å². The van der Waals surface area contributed by atoms with Gasteiger partial charge in [0.2, 0.25) is 0 Å². The van der Waals surface area contributed by atoms with Crippen molar-refractivity contribution in [2.45, 2.75) is 27.3 Å². The topological polar surface area (TPSA) is 3.88 Å². The zero-order valence-corrected chi connectivity index (χ0v) is 11.6. The quantitative estimate of drug-likeness (QED) is 0.429. The van der Waals surface area contributed by atoms with Gasteiger partial charge in [-0.15, -0.1) is 0 Å². The van der Waals surface area contributed by atoms with E-state index in [9.17, 15) is 0 Å². The third-order valence-corrected chi connectivity index (χ3v) is 5.79. The Morgan fingerprint density at radius 3 is 2.60 bits per heavy atom. The maximum absolute atomic E-state index is 5.41. The van der Waals surface area contributed by atoms with E-state index in [1.165, 1.54) is 23.8 Å². The van der Waals surface area contributed by atoms with E-state index in [1.54, 1.807) is 0 Å². The van der Waals surface area contributed by atoms with Gasteiger partial charge in [0.1, 0.15) is 0 Å². The molecule has 0 saturated carbocycles. The molecule has 0 N–H and O–H groups in total. The average molecular weight is 312 g/mol. The molecule has 1 aromatic carbocycles. The summed E-state index contributed by atoms with van der Waals surface area (Å²) in [6.07, 6.45) is 5.41. The zero-order valence-electron chi connectivity index (χ0n) is 9.29. The monoisotopic (exact) mass is 314 g/mol. The molecule has 2 heteroatoms. The van der Waals surface area contributed by atoms with Gasteiger partial charge in [0.05, 0.1) is 0 Å². The molecule has 0 bridgehead atoms. The Morgan fingerprint density at radius 1 is 1.27 bits per heavy atom. The third-order valence-electron chi connectivity index (χ3n) is 2.75. The first-order chi connectivity index (χ1) is 7.13. The van der Waals surface area contributed by atoms with E-state index in [1.807, 2.05) is 0 Å². The molecule has 1 aromatic heterocycles. The van der Waals surface area contributed by atoms with Gasteiger partial charge in [-0.1, -0.05) is 0 Å². The summed E-state index contributed by atoms with van der Waals surface area (Å²) < 4.78 is 5.32. The molecular weight excluding hydrogens is 298 g/mol. The summed E-state index contributed by atoms with van der Waals surface area (Å²) in [7, 11) is 0.